The summed E-state index contributed by atoms with van der Waals surface area (Å²) in [6.45, 7) is 7.84. The fourth-order valence-electron chi connectivity index (χ4n) is 1.79. The predicted molar refractivity (Wildman–Crippen MR) is 71.6 cm³/mol. The number of hydrogen-bond acceptors (Lipinski definition) is 2. The lowest BCUT2D eigenvalue weighted by Crippen LogP contribution is -2.34. The molecule has 0 bridgehead atoms. The highest BCUT2D eigenvalue weighted by atomic mass is 79.9. The Morgan fingerprint density at radius 1 is 1.44 bits per heavy atom. The third-order valence-electron chi connectivity index (χ3n) is 2.83. The van der Waals surface area contributed by atoms with Gasteiger partial charge in [-0.15, -0.1) is 0 Å². The monoisotopic (exact) mass is 287 g/mol. The minimum absolute atomic E-state index is 0.581. The van der Waals surface area contributed by atoms with Gasteiger partial charge in [-0.2, -0.15) is 0 Å². The van der Waals surface area contributed by atoms with E-state index in [1.54, 1.807) is 6.26 Å². The number of hydrogen-bond donors (Lipinski definition) is 1. The van der Waals surface area contributed by atoms with Crippen molar-refractivity contribution in [2.45, 2.75) is 46.1 Å². The normalized spacial score (nSPS) is 13.3. The molecule has 0 saturated carbocycles. The van der Waals surface area contributed by atoms with Crippen molar-refractivity contribution in [3.63, 3.8) is 0 Å². The minimum atomic E-state index is 0.581. The SMILES string of the molecule is CCCNC(CCc1occc1Br)C(C)C. The van der Waals surface area contributed by atoms with E-state index >= 15 is 0 Å². The van der Waals surface area contributed by atoms with E-state index in [4.69, 9.17) is 4.42 Å². The lowest BCUT2D eigenvalue weighted by molar-refractivity contribution is 0.365. The number of furan rings is 1. The number of aryl methyl sites for hydroxylation is 1. The van der Waals surface area contributed by atoms with E-state index in [1.165, 1.54) is 6.42 Å². The first-order valence-electron chi connectivity index (χ1n) is 6.10. The number of halogens is 1. The molecular weight excluding hydrogens is 266 g/mol. The van der Waals surface area contributed by atoms with Crippen molar-refractivity contribution < 1.29 is 4.42 Å². The van der Waals surface area contributed by atoms with E-state index in [-0.39, 0.29) is 0 Å². The van der Waals surface area contributed by atoms with Gasteiger partial charge in [0.1, 0.15) is 5.76 Å². The van der Waals surface area contributed by atoms with Crippen molar-refractivity contribution in [3.05, 3.63) is 22.6 Å². The molecule has 3 heteroatoms. The summed E-state index contributed by atoms with van der Waals surface area (Å²) in [6.07, 6.45) is 5.05. The van der Waals surface area contributed by atoms with Crippen molar-refractivity contribution in [1.29, 1.82) is 0 Å². The van der Waals surface area contributed by atoms with Gasteiger partial charge in [-0.25, -0.2) is 0 Å². The van der Waals surface area contributed by atoms with Gasteiger partial charge in [0, 0.05) is 12.5 Å². The van der Waals surface area contributed by atoms with Gasteiger partial charge in [0.25, 0.3) is 0 Å². The van der Waals surface area contributed by atoms with Crippen molar-refractivity contribution in [3.8, 4) is 0 Å². The number of nitrogens with one attached hydrogen (secondary N) is 1. The maximum Gasteiger partial charge on any atom is 0.117 e. The third kappa shape index (κ3) is 4.30. The van der Waals surface area contributed by atoms with Crippen LogP contribution in [0.4, 0.5) is 0 Å². The van der Waals surface area contributed by atoms with Crippen LogP contribution in [0.3, 0.4) is 0 Å². The molecule has 1 N–H and O–H groups in total. The van der Waals surface area contributed by atoms with Crippen LogP contribution in [0.5, 0.6) is 0 Å². The minimum Gasteiger partial charge on any atom is -0.468 e. The van der Waals surface area contributed by atoms with E-state index < -0.39 is 0 Å². The summed E-state index contributed by atoms with van der Waals surface area (Å²) < 4.78 is 6.51. The van der Waals surface area contributed by atoms with Gasteiger partial charge in [0.2, 0.25) is 0 Å². The van der Waals surface area contributed by atoms with E-state index in [2.05, 4.69) is 42.0 Å². The molecule has 1 aromatic heterocycles. The Labute approximate surface area is 107 Å². The van der Waals surface area contributed by atoms with Crippen LogP contribution < -0.4 is 5.32 Å². The van der Waals surface area contributed by atoms with Crippen LogP contribution in [-0.2, 0) is 6.42 Å². The second-order valence-corrected chi connectivity index (χ2v) is 5.39. The van der Waals surface area contributed by atoms with Gasteiger partial charge in [0.15, 0.2) is 0 Å². The smallest absolute Gasteiger partial charge is 0.117 e. The van der Waals surface area contributed by atoms with Crippen molar-refractivity contribution in [1.82, 2.24) is 5.32 Å². The van der Waals surface area contributed by atoms with Crippen LogP contribution in [0.25, 0.3) is 0 Å². The zero-order valence-corrected chi connectivity index (χ0v) is 12.0. The first-order chi connectivity index (χ1) is 7.65. The lowest BCUT2D eigenvalue weighted by Gasteiger charge is -2.21. The summed E-state index contributed by atoms with van der Waals surface area (Å²) in [5.41, 5.74) is 0. The molecule has 0 aliphatic heterocycles. The molecule has 1 heterocycles. The Morgan fingerprint density at radius 2 is 2.19 bits per heavy atom. The quantitative estimate of drug-likeness (QED) is 0.820. The van der Waals surface area contributed by atoms with Crippen LogP contribution >= 0.6 is 15.9 Å². The van der Waals surface area contributed by atoms with Gasteiger partial charge in [-0.05, 0) is 47.3 Å². The molecule has 0 fully saturated rings. The molecule has 0 aliphatic carbocycles. The largest absolute Gasteiger partial charge is 0.468 e. The molecule has 0 amide bonds. The molecule has 0 aliphatic rings. The van der Waals surface area contributed by atoms with Crippen molar-refractivity contribution in [2.24, 2.45) is 5.92 Å². The second-order valence-electron chi connectivity index (χ2n) is 4.54. The molecule has 92 valence electrons. The Hall–Kier alpha value is -0.280. The Balaban J connectivity index is 2.40. The molecular formula is C13H22BrNO. The molecule has 1 unspecified atom stereocenters. The fourth-order valence-corrected chi connectivity index (χ4v) is 2.19. The summed E-state index contributed by atoms with van der Waals surface area (Å²) in [5.74, 6) is 1.73. The van der Waals surface area contributed by atoms with Crippen molar-refractivity contribution in [2.75, 3.05) is 6.54 Å². The summed E-state index contributed by atoms with van der Waals surface area (Å²) in [6, 6.07) is 2.54. The molecule has 0 saturated heterocycles. The zero-order chi connectivity index (χ0) is 12.0. The first kappa shape index (κ1) is 13.8. The molecule has 1 rings (SSSR count). The Morgan fingerprint density at radius 3 is 2.69 bits per heavy atom. The molecule has 0 radical (unpaired) electrons. The highest BCUT2D eigenvalue weighted by molar-refractivity contribution is 9.10. The molecule has 0 aromatic carbocycles. The highest BCUT2D eigenvalue weighted by Gasteiger charge is 2.14. The van der Waals surface area contributed by atoms with Crippen LogP contribution in [0.2, 0.25) is 0 Å². The van der Waals surface area contributed by atoms with Crippen LogP contribution in [-0.4, -0.2) is 12.6 Å². The summed E-state index contributed by atoms with van der Waals surface area (Å²) >= 11 is 3.49. The van der Waals surface area contributed by atoms with E-state index in [1.807, 2.05) is 6.07 Å². The van der Waals surface area contributed by atoms with E-state index in [0.29, 0.717) is 12.0 Å². The topological polar surface area (TPSA) is 25.2 Å². The summed E-state index contributed by atoms with van der Waals surface area (Å²) in [4.78, 5) is 0. The van der Waals surface area contributed by atoms with E-state index in [0.717, 1.165) is 29.6 Å². The number of rotatable bonds is 7. The average molecular weight is 288 g/mol. The van der Waals surface area contributed by atoms with Gasteiger partial charge in [0.05, 0.1) is 10.7 Å². The van der Waals surface area contributed by atoms with Crippen LogP contribution in [0.15, 0.2) is 21.2 Å². The lowest BCUT2D eigenvalue weighted by atomic mass is 9.98. The molecule has 16 heavy (non-hydrogen) atoms. The van der Waals surface area contributed by atoms with Crippen LogP contribution in [0, 0.1) is 5.92 Å². The molecule has 2 nitrogen and oxygen atoms in total. The maximum atomic E-state index is 5.42. The molecule has 1 atom stereocenters. The summed E-state index contributed by atoms with van der Waals surface area (Å²) in [5, 5.41) is 3.59. The standard InChI is InChI=1S/C13H22BrNO/c1-4-8-15-12(10(2)3)5-6-13-11(14)7-9-16-13/h7,9-10,12,15H,4-6,8H2,1-3H3. The Kier molecular flexibility index (Phi) is 6.14. The third-order valence-corrected chi connectivity index (χ3v) is 3.54. The Bertz CT molecular complexity index is 296. The van der Waals surface area contributed by atoms with Gasteiger partial charge in [-0.3, -0.25) is 0 Å². The van der Waals surface area contributed by atoms with Crippen molar-refractivity contribution >= 4 is 15.9 Å². The summed E-state index contributed by atoms with van der Waals surface area (Å²) in [7, 11) is 0. The second kappa shape index (κ2) is 7.13. The van der Waals surface area contributed by atoms with Crippen LogP contribution in [0.1, 0.15) is 39.4 Å². The molecule has 1 aromatic rings. The molecule has 0 spiro atoms. The van der Waals surface area contributed by atoms with Gasteiger partial charge < -0.3 is 9.73 Å². The van der Waals surface area contributed by atoms with Gasteiger partial charge >= 0.3 is 0 Å². The predicted octanol–water partition coefficient (Wildman–Crippen LogP) is 4.00. The maximum absolute atomic E-state index is 5.42. The van der Waals surface area contributed by atoms with E-state index in [9.17, 15) is 0 Å². The highest BCUT2D eigenvalue weighted by Crippen LogP contribution is 2.20. The van der Waals surface area contributed by atoms with Gasteiger partial charge in [-0.1, -0.05) is 20.8 Å². The first-order valence-corrected chi connectivity index (χ1v) is 6.89. The average Bonchev–Trinajstić information content (AvgIpc) is 2.64. The fraction of sp³-hybridized carbons (Fsp3) is 0.692. The zero-order valence-electron chi connectivity index (χ0n) is 10.4.